The molecule has 15 heavy (non-hydrogen) atoms. The Hall–Kier alpha value is -1.07. The van der Waals surface area contributed by atoms with Gasteiger partial charge in [0.15, 0.2) is 0 Å². The molecule has 0 saturated heterocycles. The molecule has 86 valence electrons. The number of aromatic nitrogens is 1. The molecule has 5 heteroatoms. The average Bonchev–Trinajstić information content (AvgIpc) is 2.68. The fraction of sp³-hybridized carbons (Fsp3) is 0.700. The van der Waals surface area contributed by atoms with Gasteiger partial charge in [-0.25, -0.2) is 0 Å². The van der Waals surface area contributed by atoms with Crippen LogP contribution in [0, 0.1) is 0 Å². The molecule has 0 spiro atoms. The molecule has 0 aliphatic carbocycles. The number of nitrogens with zero attached hydrogens (tertiary/aromatic N) is 2. The first kappa shape index (κ1) is 12.0. The van der Waals surface area contributed by atoms with Crippen LogP contribution in [0.15, 0.2) is 10.7 Å². The van der Waals surface area contributed by atoms with Gasteiger partial charge in [-0.15, -0.1) is 0 Å². The summed E-state index contributed by atoms with van der Waals surface area (Å²) in [5.74, 6) is 0. The molecule has 1 aromatic heterocycles. The number of methoxy groups -OCH3 is 1. The number of oxazole rings is 1. The fourth-order valence-corrected chi connectivity index (χ4v) is 1.29. The summed E-state index contributed by atoms with van der Waals surface area (Å²) in [4.78, 5) is 6.41. The van der Waals surface area contributed by atoms with Crippen molar-refractivity contribution < 1.29 is 9.15 Å². The number of rotatable bonds is 7. The summed E-state index contributed by atoms with van der Waals surface area (Å²) in [5.41, 5.74) is 0.920. The van der Waals surface area contributed by atoms with Crippen LogP contribution in [0.2, 0.25) is 0 Å². The van der Waals surface area contributed by atoms with Crippen LogP contribution in [0.25, 0.3) is 0 Å². The predicted molar refractivity (Wildman–Crippen MR) is 59.0 cm³/mol. The summed E-state index contributed by atoms with van der Waals surface area (Å²) in [6.07, 6.45) is 1.68. The van der Waals surface area contributed by atoms with E-state index in [4.69, 9.17) is 9.15 Å². The first-order chi connectivity index (χ1) is 7.31. The van der Waals surface area contributed by atoms with Gasteiger partial charge in [-0.3, -0.25) is 0 Å². The van der Waals surface area contributed by atoms with Crippen molar-refractivity contribution in [2.75, 3.05) is 38.8 Å². The summed E-state index contributed by atoms with van der Waals surface area (Å²) in [6.45, 7) is 5.13. The van der Waals surface area contributed by atoms with E-state index in [1.165, 1.54) is 0 Å². The Labute approximate surface area is 90.4 Å². The van der Waals surface area contributed by atoms with Gasteiger partial charge in [0.05, 0.1) is 12.3 Å². The smallest absolute Gasteiger partial charge is 0.297 e. The molecule has 0 aromatic carbocycles. The average molecular weight is 213 g/mol. The second kappa shape index (κ2) is 6.42. The lowest BCUT2D eigenvalue weighted by molar-refractivity contribution is 0.204. The minimum absolute atomic E-state index is 0.666. The highest BCUT2D eigenvalue weighted by Crippen LogP contribution is 2.12. The summed E-state index contributed by atoms with van der Waals surface area (Å²) < 4.78 is 10.4. The number of likely N-dealkylation sites (N-methyl/N-ethyl adjacent to an activating group) is 1. The second-order valence-electron chi connectivity index (χ2n) is 3.22. The molecule has 0 saturated carbocycles. The van der Waals surface area contributed by atoms with Crippen LogP contribution < -0.4 is 10.2 Å². The maximum Gasteiger partial charge on any atom is 0.297 e. The SMILES string of the molecule is CCN(CCOC)c1nc(CNC)co1. The number of hydrogen-bond acceptors (Lipinski definition) is 5. The Morgan fingerprint density at radius 2 is 2.40 bits per heavy atom. The highest BCUT2D eigenvalue weighted by atomic mass is 16.5. The molecule has 0 fully saturated rings. The molecule has 0 radical (unpaired) electrons. The summed E-state index contributed by atoms with van der Waals surface area (Å²) in [7, 11) is 3.58. The van der Waals surface area contributed by atoms with Crippen LogP contribution in [0.5, 0.6) is 0 Å². The van der Waals surface area contributed by atoms with Crippen molar-refractivity contribution in [3.63, 3.8) is 0 Å². The maximum atomic E-state index is 5.39. The minimum Gasteiger partial charge on any atom is -0.432 e. The second-order valence-corrected chi connectivity index (χ2v) is 3.22. The van der Waals surface area contributed by atoms with E-state index < -0.39 is 0 Å². The maximum absolute atomic E-state index is 5.39. The number of anilines is 1. The van der Waals surface area contributed by atoms with Gasteiger partial charge in [-0.05, 0) is 14.0 Å². The predicted octanol–water partition coefficient (Wildman–Crippen LogP) is 0.867. The Morgan fingerprint density at radius 3 is 3.00 bits per heavy atom. The Bertz CT molecular complexity index is 275. The molecular formula is C10H19N3O2. The Balaban J connectivity index is 2.57. The molecule has 1 heterocycles. The van der Waals surface area contributed by atoms with Crippen LogP contribution >= 0.6 is 0 Å². The molecule has 1 N–H and O–H groups in total. The number of hydrogen-bond donors (Lipinski definition) is 1. The van der Waals surface area contributed by atoms with E-state index in [1.807, 2.05) is 11.9 Å². The van der Waals surface area contributed by atoms with Gasteiger partial charge in [-0.2, -0.15) is 4.98 Å². The van der Waals surface area contributed by atoms with Crippen molar-refractivity contribution >= 4 is 6.01 Å². The highest BCUT2D eigenvalue weighted by Gasteiger charge is 2.10. The topological polar surface area (TPSA) is 50.5 Å². The summed E-state index contributed by atoms with van der Waals surface area (Å²) >= 11 is 0. The van der Waals surface area contributed by atoms with E-state index in [1.54, 1.807) is 13.4 Å². The zero-order valence-corrected chi connectivity index (χ0v) is 9.62. The number of nitrogens with one attached hydrogen (secondary N) is 1. The first-order valence-corrected chi connectivity index (χ1v) is 5.14. The zero-order valence-electron chi connectivity index (χ0n) is 9.62. The molecule has 1 aromatic rings. The Kier molecular flexibility index (Phi) is 5.14. The van der Waals surface area contributed by atoms with Gasteiger partial charge < -0.3 is 19.4 Å². The molecule has 0 amide bonds. The molecular weight excluding hydrogens is 194 g/mol. The third-order valence-corrected chi connectivity index (χ3v) is 2.12. The lowest BCUT2D eigenvalue weighted by Gasteiger charge is -2.17. The quantitative estimate of drug-likeness (QED) is 0.728. The summed E-state index contributed by atoms with van der Waals surface area (Å²) in [6, 6.07) is 0.666. The molecule has 0 atom stereocenters. The third kappa shape index (κ3) is 3.53. The fourth-order valence-electron chi connectivity index (χ4n) is 1.29. The van der Waals surface area contributed by atoms with Crippen molar-refractivity contribution in [2.45, 2.75) is 13.5 Å². The van der Waals surface area contributed by atoms with Gasteiger partial charge in [0.2, 0.25) is 0 Å². The first-order valence-electron chi connectivity index (χ1n) is 5.14. The van der Waals surface area contributed by atoms with Gasteiger partial charge in [0.1, 0.15) is 6.26 Å². The van der Waals surface area contributed by atoms with E-state index >= 15 is 0 Å². The highest BCUT2D eigenvalue weighted by molar-refractivity contribution is 5.26. The van der Waals surface area contributed by atoms with Crippen LogP contribution in [0.1, 0.15) is 12.6 Å². The minimum atomic E-state index is 0.666. The molecule has 0 aliphatic rings. The largest absolute Gasteiger partial charge is 0.432 e. The van der Waals surface area contributed by atoms with Crippen LogP contribution in [-0.2, 0) is 11.3 Å². The molecule has 0 unspecified atom stereocenters. The number of ether oxygens (including phenoxy) is 1. The standard InChI is InChI=1S/C10H19N3O2/c1-4-13(5-6-14-3)10-12-9(7-11-2)8-15-10/h8,11H,4-7H2,1-3H3. The Morgan fingerprint density at radius 1 is 1.60 bits per heavy atom. The molecule has 0 bridgehead atoms. The van der Waals surface area contributed by atoms with E-state index in [0.29, 0.717) is 12.6 Å². The molecule has 1 rings (SSSR count). The van der Waals surface area contributed by atoms with Gasteiger partial charge >= 0.3 is 0 Å². The lowest BCUT2D eigenvalue weighted by atomic mass is 10.5. The van der Waals surface area contributed by atoms with Crippen molar-refractivity contribution in [3.8, 4) is 0 Å². The van der Waals surface area contributed by atoms with E-state index in [0.717, 1.165) is 25.3 Å². The molecule has 5 nitrogen and oxygen atoms in total. The lowest BCUT2D eigenvalue weighted by Crippen LogP contribution is -2.27. The normalized spacial score (nSPS) is 10.6. The van der Waals surface area contributed by atoms with Crippen LogP contribution in [0.4, 0.5) is 6.01 Å². The van der Waals surface area contributed by atoms with Crippen molar-refractivity contribution in [1.29, 1.82) is 0 Å². The summed E-state index contributed by atoms with van der Waals surface area (Å²) in [5, 5.41) is 3.03. The van der Waals surface area contributed by atoms with Gasteiger partial charge in [-0.1, -0.05) is 0 Å². The van der Waals surface area contributed by atoms with E-state index in [9.17, 15) is 0 Å². The van der Waals surface area contributed by atoms with Crippen molar-refractivity contribution in [3.05, 3.63) is 12.0 Å². The van der Waals surface area contributed by atoms with Crippen LogP contribution in [-0.4, -0.2) is 38.8 Å². The molecule has 0 aliphatic heterocycles. The van der Waals surface area contributed by atoms with E-state index in [2.05, 4.69) is 17.2 Å². The third-order valence-electron chi connectivity index (χ3n) is 2.12. The van der Waals surface area contributed by atoms with Gasteiger partial charge in [0.25, 0.3) is 6.01 Å². The van der Waals surface area contributed by atoms with Gasteiger partial charge in [0, 0.05) is 26.7 Å². The zero-order chi connectivity index (χ0) is 11.1. The van der Waals surface area contributed by atoms with Crippen molar-refractivity contribution in [2.24, 2.45) is 0 Å². The van der Waals surface area contributed by atoms with E-state index in [-0.39, 0.29) is 0 Å². The van der Waals surface area contributed by atoms with Crippen molar-refractivity contribution in [1.82, 2.24) is 10.3 Å². The monoisotopic (exact) mass is 213 g/mol. The van der Waals surface area contributed by atoms with Crippen LogP contribution in [0.3, 0.4) is 0 Å².